The maximum atomic E-state index is 12.0. The van der Waals surface area contributed by atoms with E-state index in [9.17, 15) is 9.59 Å². The van der Waals surface area contributed by atoms with E-state index in [4.69, 9.17) is 5.11 Å². The van der Waals surface area contributed by atoms with Gasteiger partial charge in [-0.2, -0.15) is 0 Å². The van der Waals surface area contributed by atoms with Gasteiger partial charge < -0.3 is 10.1 Å². The van der Waals surface area contributed by atoms with Crippen LogP contribution in [-0.2, 0) is 0 Å². The standard InChI is InChI=1S/C12H7N3O3S/c16-10-8-7(12(17)18)5-19-11(8)15-9(14-10)6-2-1-3-13-4-6/h1-5H,(H,17,18)(H,14,15,16). The van der Waals surface area contributed by atoms with Crippen molar-refractivity contribution in [2.75, 3.05) is 0 Å². The highest BCUT2D eigenvalue weighted by atomic mass is 32.1. The third-order valence-electron chi connectivity index (χ3n) is 2.61. The summed E-state index contributed by atoms with van der Waals surface area (Å²) in [6.07, 6.45) is 3.20. The fourth-order valence-electron chi connectivity index (χ4n) is 1.75. The van der Waals surface area contributed by atoms with Gasteiger partial charge in [0, 0.05) is 23.3 Å². The molecular weight excluding hydrogens is 266 g/mol. The van der Waals surface area contributed by atoms with Gasteiger partial charge in [-0.15, -0.1) is 11.3 Å². The molecule has 0 saturated carbocycles. The van der Waals surface area contributed by atoms with Gasteiger partial charge in [-0.1, -0.05) is 0 Å². The zero-order chi connectivity index (χ0) is 13.4. The van der Waals surface area contributed by atoms with E-state index in [1.54, 1.807) is 24.5 Å². The van der Waals surface area contributed by atoms with Crippen LogP contribution >= 0.6 is 11.3 Å². The zero-order valence-electron chi connectivity index (χ0n) is 9.45. The second kappa shape index (κ2) is 4.29. The van der Waals surface area contributed by atoms with Crippen molar-refractivity contribution in [1.29, 1.82) is 0 Å². The lowest BCUT2D eigenvalue weighted by atomic mass is 10.2. The Morgan fingerprint density at radius 2 is 2.26 bits per heavy atom. The number of hydrogen-bond donors (Lipinski definition) is 2. The van der Waals surface area contributed by atoms with Crippen molar-refractivity contribution < 1.29 is 9.90 Å². The minimum absolute atomic E-state index is 0.0218. The quantitative estimate of drug-likeness (QED) is 0.741. The van der Waals surface area contributed by atoms with Crippen LogP contribution in [0.2, 0.25) is 0 Å². The second-order valence-electron chi connectivity index (χ2n) is 3.79. The fraction of sp³-hybridized carbons (Fsp3) is 0. The monoisotopic (exact) mass is 273 g/mol. The van der Waals surface area contributed by atoms with Crippen molar-refractivity contribution >= 4 is 27.5 Å². The summed E-state index contributed by atoms with van der Waals surface area (Å²) in [6, 6.07) is 3.50. The molecule has 0 saturated heterocycles. The number of nitrogens with zero attached hydrogens (tertiary/aromatic N) is 2. The van der Waals surface area contributed by atoms with Crippen molar-refractivity contribution in [2.24, 2.45) is 0 Å². The van der Waals surface area contributed by atoms with E-state index in [0.29, 0.717) is 16.2 Å². The number of aromatic amines is 1. The molecule has 6 nitrogen and oxygen atoms in total. The van der Waals surface area contributed by atoms with E-state index in [1.807, 2.05) is 0 Å². The Balaban J connectivity index is 2.28. The summed E-state index contributed by atoms with van der Waals surface area (Å²) >= 11 is 1.13. The number of nitrogens with one attached hydrogen (secondary N) is 1. The number of thiophene rings is 1. The molecule has 94 valence electrons. The second-order valence-corrected chi connectivity index (χ2v) is 4.65. The van der Waals surface area contributed by atoms with E-state index in [2.05, 4.69) is 15.0 Å². The van der Waals surface area contributed by atoms with Crippen molar-refractivity contribution in [3.8, 4) is 11.4 Å². The van der Waals surface area contributed by atoms with Gasteiger partial charge in [0.2, 0.25) is 0 Å². The van der Waals surface area contributed by atoms with Crippen LogP contribution in [0.5, 0.6) is 0 Å². The molecule has 0 aliphatic rings. The van der Waals surface area contributed by atoms with Crippen LogP contribution in [-0.4, -0.2) is 26.0 Å². The summed E-state index contributed by atoms with van der Waals surface area (Å²) in [7, 11) is 0. The number of aromatic carboxylic acids is 1. The summed E-state index contributed by atoms with van der Waals surface area (Å²) in [5.74, 6) is -0.753. The van der Waals surface area contributed by atoms with Crippen LogP contribution in [0.25, 0.3) is 21.6 Å². The van der Waals surface area contributed by atoms with Crippen molar-refractivity contribution in [1.82, 2.24) is 15.0 Å². The molecule has 7 heteroatoms. The molecule has 0 spiro atoms. The molecule has 0 amide bonds. The fourth-order valence-corrected chi connectivity index (χ4v) is 2.66. The smallest absolute Gasteiger partial charge is 0.337 e. The molecule has 0 aliphatic carbocycles. The van der Waals surface area contributed by atoms with Gasteiger partial charge in [-0.3, -0.25) is 9.78 Å². The number of carboxylic acid groups (broad SMARTS) is 1. The van der Waals surface area contributed by atoms with Gasteiger partial charge in [0.25, 0.3) is 5.56 Å². The van der Waals surface area contributed by atoms with Crippen molar-refractivity contribution in [2.45, 2.75) is 0 Å². The Morgan fingerprint density at radius 1 is 1.42 bits per heavy atom. The van der Waals surface area contributed by atoms with Gasteiger partial charge in [0.1, 0.15) is 10.7 Å². The van der Waals surface area contributed by atoms with Gasteiger partial charge in [-0.05, 0) is 12.1 Å². The van der Waals surface area contributed by atoms with E-state index in [1.165, 1.54) is 5.38 Å². The molecule has 3 rings (SSSR count). The van der Waals surface area contributed by atoms with Crippen molar-refractivity contribution in [3.05, 3.63) is 45.8 Å². The minimum atomic E-state index is -1.13. The van der Waals surface area contributed by atoms with Gasteiger partial charge in [0.15, 0.2) is 0 Å². The Labute approximate surface area is 110 Å². The zero-order valence-corrected chi connectivity index (χ0v) is 10.3. The van der Waals surface area contributed by atoms with E-state index < -0.39 is 11.5 Å². The topological polar surface area (TPSA) is 95.9 Å². The lowest BCUT2D eigenvalue weighted by Crippen LogP contribution is -2.11. The van der Waals surface area contributed by atoms with Crippen LogP contribution in [0.15, 0.2) is 34.7 Å². The molecule has 0 bridgehead atoms. The predicted octanol–water partition coefficient (Wildman–Crippen LogP) is 1.74. The molecule has 2 N–H and O–H groups in total. The van der Waals surface area contributed by atoms with E-state index in [-0.39, 0.29) is 10.9 Å². The van der Waals surface area contributed by atoms with Crippen LogP contribution in [0.4, 0.5) is 0 Å². The van der Waals surface area contributed by atoms with Crippen LogP contribution < -0.4 is 5.56 Å². The number of rotatable bonds is 2. The molecule has 19 heavy (non-hydrogen) atoms. The number of carbonyl (C=O) groups is 1. The summed E-state index contributed by atoms with van der Waals surface area (Å²) in [4.78, 5) is 34.2. The minimum Gasteiger partial charge on any atom is -0.478 e. The summed E-state index contributed by atoms with van der Waals surface area (Å²) in [5, 5.41) is 10.5. The Hall–Kier alpha value is -2.54. The molecule has 0 atom stereocenters. The summed E-state index contributed by atoms with van der Waals surface area (Å²) in [6.45, 7) is 0. The molecule has 0 aromatic carbocycles. The maximum absolute atomic E-state index is 12.0. The van der Waals surface area contributed by atoms with Crippen LogP contribution in [0.3, 0.4) is 0 Å². The van der Waals surface area contributed by atoms with Gasteiger partial charge in [-0.25, -0.2) is 9.78 Å². The molecule has 0 radical (unpaired) electrons. The summed E-state index contributed by atoms with van der Waals surface area (Å²) in [5.41, 5.74) is 0.195. The number of hydrogen-bond acceptors (Lipinski definition) is 5. The largest absolute Gasteiger partial charge is 0.478 e. The normalized spacial score (nSPS) is 10.7. The van der Waals surface area contributed by atoms with Crippen LogP contribution in [0.1, 0.15) is 10.4 Å². The third-order valence-corrected chi connectivity index (χ3v) is 3.48. The molecule has 3 aromatic heterocycles. The summed E-state index contributed by atoms with van der Waals surface area (Å²) < 4.78 is 0. The van der Waals surface area contributed by atoms with Crippen LogP contribution in [0, 0.1) is 0 Å². The Morgan fingerprint density at radius 3 is 2.95 bits per heavy atom. The Bertz CT molecular complexity index is 823. The van der Waals surface area contributed by atoms with E-state index in [0.717, 1.165) is 11.3 Å². The highest BCUT2D eigenvalue weighted by Crippen LogP contribution is 2.23. The molecule has 0 fully saturated rings. The molecule has 0 unspecified atom stereocenters. The first-order chi connectivity index (χ1) is 9.16. The average Bonchev–Trinajstić information content (AvgIpc) is 2.84. The Kier molecular flexibility index (Phi) is 2.60. The first-order valence-corrected chi connectivity index (χ1v) is 6.20. The third kappa shape index (κ3) is 1.89. The average molecular weight is 273 g/mol. The lowest BCUT2D eigenvalue weighted by molar-refractivity contribution is 0.0699. The first kappa shape index (κ1) is 11.5. The maximum Gasteiger partial charge on any atom is 0.337 e. The highest BCUT2D eigenvalue weighted by Gasteiger charge is 2.16. The first-order valence-electron chi connectivity index (χ1n) is 5.32. The highest BCUT2D eigenvalue weighted by molar-refractivity contribution is 7.17. The van der Waals surface area contributed by atoms with Crippen molar-refractivity contribution in [3.63, 3.8) is 0 Å². The molecule has 3 heterocycles. The molecular formula is C12H7N3O3S. The number of pyridine rings is 1. The van der Waals surface area contributed by atoms with Gasteiger partial charge >= 0.3 is 5.97 Å². The number of H-pyrrole nitrogens is 1. The van der Waals surface area contributed by atoms with Gasteiger partial charge in [0.05, 0.1) is 10.9 Å². The van der Waals surface area contributed by atoms with E-state index >= 15 is 0 Å². The number of carboxylic acids is 1. The SMILES string of the molecule is O=C(O)c1csc2nc(-c3cccnc3)[nH]c(=O)c12. The predicted molar refractivity (Wildman–Crippen MR) is 70.4 cm³/mol. The number of aromatic nitrogens is 3. The molecule has 0 aliphatic heterocycles. The lowest BCUT2D eigenvalue weighted by Gasteiger charge is -2.00. The molecule has 3 aromatic rings. The number of fused-ring (bicyclic) bond motifs is 1.